The second kappa shape index (κ2) is 30.6. The normalized spacial score (nSPS) is 13.5. The summed E-state index contributed by atoms with van der Waals surface area (Å²) < 4.78 is 40.3. The SMILES string of the molecule is CC(C)(C)c1ccc2c(c1)c1cc(C(C)(C)C)ccc1n2-c1ccc2c(c1)c1cc(-n3c4ccc(C(C)(C)C)cc4c4cc(C(C)(C)C)ccc43)ccc1n2CCOCCOCCOCCOCCn1c2ccc(-n3c4ccc(C(C)(C)C)cc4c4cc(C(C)(C)C)ccc43)cc2c2cc(-n3c4ccc(C(C)(C)C)cc4c4cc(C(C)(C)C)ccc43)ccc21. The predicted octanol–water partition coefficient (Wildman–Crippen LogP) is 29.4. The van der Waals surface area contributed by atoms with E-state index in [0.717, 1.165) is 22.7 Å². The molecule has 0 bridgehead atoms. The summed E-state index contributed by atoms with van der Waals surface area (Å²) in [6.07, 6.45) is 0. The van der Waals surface area contributed by atoms with Crippen LogP contribution in [0.4, 0.5) is 0 Å². The maximum absolute atomic E-state index is 6.49. The number of hydrogen-bond acceptors (Lipinski definition) is 4. The molecule has 0 unspecified atom stereocenters. The van der Waals surface area contributed by atoms with Crippen LogP contribution in [-0.2, 0) is 75.4 Å². The molecule has 10 heteroatoms. The smallest absolute Gasteiger partial charge is 0.0701 e. The van der Waals surface area contributed by atoms with Crippen LogP contribution in [0.5, 0.6) is 0 Å². The maximum atomic E-state index is 6.49. The van der Waals surface area contributed by atoms with Gasteiger partial charge in [0.15, 0.2) is 0 Å². The van der Waals surface area contributed by atoms with Crippen molar-refractivity contribution in [2.75, 3.05) is 52.9 Å². The molecule has 6 heterocycles. The molecule has 0 amide bonds. The minimum Gasteiger partial charge on any atom is -0.377 e. The summed E-state index contributed by atoms with van der Waals surface area (Å²) in [5.41, 5.74) is 29.5. The molecule has 124 heavy (non-hydrogen) atoms. The third-order valence-electron chi connectivity index (χ3n) is 26.7. The highest BCUT2D eigenvalue weighted by Gasteiger charge is 2.30. The topological polar surface area (TPSA) is 66.5 Å². The standard InChI is InChI=1S/C114H128N6O4/c1-107(2,3)71-25-37-99-83(59-71)84-60-72(108(4,5)6)26-38-100(84)117(99)79-33-45-95-91(67-79)92-68-80(118-101-39-27-73(109(7,8)9)61-85(101)86-62-74(110(10,11)12)28-40-102(86)118)34-46-96(92)115(95)49-51-121-53-55-123-57-58-124-56-54-122-52-50-116-97-47-35-81(119-103-41-29-75(111(13,14)15)63-87(103)88-64-76(112(16,17)18)30-42-104(88)119)69-93(97)94-70-82(36-48-98(94)116)120-105-43-31-77(113(19,20)21)65-89(105)90-66-78(114(22,23)24)32-44-106(90)120/h25-48,59-70H,49-58H2,1-24H3. The van der Waals surface area contributed by atoms with E-state index in [1.54, 1.807) is 0 Å². The number of ether oxygens (including phenoxy) is 4. The monoisotopic (exact) mass is 1640 g/mol. The average molecular weight is 1650 g/mol. The second-order valence-electron chi connectivity index (χ2n) is 43.8. The molecule has 0 aliphatic carbocycles. The molecule has 0 saturated heterocycles. The molecule has 0 atom stereocenters. The first-order valence-corrected chi connectivity index (χ1v) is 45.4. The molecule has 0 radical (unpaired) electrons. The van der Waals surface area contributed by atoms with Gasteiger partial charge in [0, 0.05) is 123 Å². The summed E-state index contributed by atoms with van der Waals surface area (Å²) in [6.45, 7) is 60.7. The van der Waals surface area contributed by atoms with Crippen LogP contribution in [0.2, 0.25) is 0 Å². The Labute approximate surface area is 733 Å². The average Bonchev–Trinajstić information content (AvgIpc) is 1.56. The Morgan fingerprint density at radius 1 is 0.161 bits per heavy atom. The molecule has 638 valence electrons. The van der Waals surface area contributed by atoms with Gasteiger partial charge in [-0.1, -0.05) is 215 Å². The van der Waals surface area contributed by atoms with Crippen molar-refractivity contribution in [3.05, 3.63) is 263 Å². The van der Waals surface area contributed by atoms with Crippen molar-refractivity contribution in [1.82, 2.24) is 27.4 Å². The van der Waals surface area contributed by atoms with Crippen LogP contribution in [0.1, 0.15) is 211 Å². The van der Waals surface area contributed by atoms with Gasteiger partial charge in [-0.25, -0.2) is 0 Å². The van der Waals surface area contributed by atoms with Gasteiger partial charge < -0.3 is 46.4 Å². The van der Waals surface area contributed by atoms with Gasteiger partial charge in [-0.15, -0.1) is 0 Å². The highest BCUT2D eigenvalue weighted by Crippen LogP contribution is 2.47. The summed E-state index contributed by atoms with van der Waals surface area (Å²) >= 11 is 0. The highest BCUT2D eigenvalue weighted by atomic mass is 16.6. The molecule has 0 saturated carbocycles. The van der Waals surface area contributed by atoms with E-state index in [2.05, 4.69) is 412 Å². The van der Waals surface area contributed by atoms with Crippen LogP contribution in [0.25, 0.3) is 154 Å². The molecule has 0 spiro atoms. The van der Waals surface area contributed by atoms with Crippen molar-refractivity contribution in [2.45, 2.75) is 223 Å². The fraction of sp³-hybridized carbons (Fsp3) is 0.368. The molecule has 18 rings (SSSR count). The molecular weight excluding hydrogens is 1520 g/mol. The number of nitrogens with zero attached hydrogens (tertiary/aromatic N) is 6. The van der Waals surface area contributed by atoms with Gasteiger partial charge in [0.2, 0.25) is 0 Å². The fourth-order valence-electron chi connectivity index (χ4n) is 19.2. The minimum absolute atomic E-state index is 0.00346. The summed E-state index contributed by atoms with van der Waals surface area (Å²) in [4.78, 5) is 0. The van der Waals surface area contributed by atoms with Gasteiger partial charge in [-0.2, -0.15) is 0 Å². The molecule has 10 nitrogen and oxygen atoms in total. The Bertz CT molecular complexity index is 6130. The Morgan fingerprint density at radius 3 is 0.452 bits per heavy atom. The van der Waals surface area contributed by atoms with E-state index in [-0.39, 0.29) is 43.3 Å². The fourth-order valence-corrected chi connectivity index (χ4v) is 19.2. The minimum atomic E-state index is -0.00346. The van der Waals surface area contributed by atoms with Gasteiger partial charge in [-0.3, -0.25) is 0 Å². The molecule has 6 aromatic heterocycles. The Hall–Kier alpha value is -10.7. The molecule has 18 aromatic rings. The van der Waals surface area contributed by atoms with E-state index in [1.165, 1.54) is 175 Å². The van der Waals surface area contributed by atoms with Crippen molar-refractivity contribution in [3.8, 4) is 22.7 Å². The van der Waals surface area contributed by atoms with Crippen LogP contribution >= 0.6 is 0 Å². The lowest BCUT2D eigenvalue weighted by Crippen LogP contribution is -2.14. The zero-order chi connectivity index (χ0) is 87.6. The number of aromatic nitrogens is 6. The molecule has 12 aromatic carbocycles. The van der Waals surface area contributed by atoms with E-state index >= 15 is 0 Å². The Morgan fingerprint density at radius 2 is 0.298 bits per heavy atom. The van der Waals surface area contributed by atoms with Crippen LogP contribution in [0.15, 0.2) is 218 Å². The van der Waals surface area contributed by atoms with Gasteiger partial charge >= 0.3 is 0 Å². The summed E-state index contributed by atoms with van der Waals surface area (Å²) in [6, 6.07) is 85.4. The van der Waals surface area contributed by atoms with Gasteiger partial charge in [0.05, 0.1) is 97.0 Å². The van der Waals surface area contributed by atoms with E-state index in [1.807, 2.05) is 0 Å². The van der Waals surface area contributed by atoms with Crippen LogP contribution in [0, 0.1) is 0 Å². The van der Waals surface area contributed by atoms with Crippen molar-refractivity contribution in [1.29, 1.82) is 0 Å². The van der Waals surface area contributed by atoms with E-state index in [9.17, 15) is 0 Å². The van der Waals surface area contributed by atoms with Crippen LogP contribution < -0.4 is 0 Å². The number of benzene rings is 12. The van der Waals surface area contributed by atoms with Crippen molar-refractivity contribution in [3.63, 3.8) is 0 Å². The zero-order valence-electron chi connectivity index (χ0n) is 78.2. The quantitative estimate of drug-likeness (QED) is 0.0757. The van der Waals surface area contributed by atoms with Gasteiger partial charge in [0.25, 0.3) is 0 Å². The summed E-state index contributed by atoms with van der Waals surface area (Å²) in [5, 5.41) is 15.1. The van der Waals surface area contributed by atoms with E-state index < -0.39 is 0 Å². The third-order valence-corrected chi connectivity index (χ3v) is 26.7. The summed E-state index contributed by atoms with van der Waals surface area (Å²) in [7, 11) is 0. The van der Waals surface area contributed by atoms with Gasteiger partial charge in [0.1, 0.15) is 0 Å². The number of fused-ring (bicyclic) bond motifs is 18. The van der Waals surface area contributed by atoms with Crippen molar-refractivity contribution >= 4 is 131 Å². The molecule has 0 aliphatic rings. The van der Waals surface area contributed by atoms with Crippen molar-refractivity contribution in [2.24, 2.45) is 0 Å². The van der Waals surface area contributed by atoms with E-state index in [4.69, 9.17) is 18.9 Å². The third kappa shape index (κ3) is 15.2. The van der Waals surface area contributed by atoms with Gasteiger partial charge in [-0.05, 0) is 258 Å². The largest absolute Gasteiger partial charge is 0.377 e. The Balaban J connectivity index is 0.583. The Kier molecular flexibility index (Phi) is 20.7. The number of rotatable bonds is 19. The first-order chi connectivity index (χ1) is 58.6. The highest BCUT2D eigenvalue weighted by molar-refractivity contribution is 6.17. The first kappa shape index (κ1) is 84.1. The summed E-state index contributed by atoms with van der Waals surface area (Å²) in [5.74, 6) is 0. The van der Waals surface area contributed by atoms with Crippen LogP contribution in [0.3, 0.4) is 0 Å². The number of hydrogen-bond donors (Lipinski definition) is 0. The molecule has 0 aliphatic heterocycles. The predicted molar refractivity (Wildman–Crippen MR) is 529 cm³/mol. The van der Waals surface area contributed by atoms with Crippen molar-refractivity contribution < 1.29 is 18.9 Å². The lowest BCUT2D eigenvalue weighted by molar-refractivity contribution is -0.00297. The van der Waals surface area contributed by atoms with E-state index in [0.29, 0.717) is 65.9 Å². The molecular formula is C114H128N6O4. The molecule has 0 N–H and O–H groups in total. The first-order valence-electron chi connectivity index (χ1n) is 45.4. The lowest BCUT2D eigenvalue weighted by Gasteiger charge is -2.19. The maximum Gasteiger partial charge on any atom is 0.0701 e. The zero-order valence-corrected chi connectivity index (χ0v) is 78.2. The lowest BCUT2D eigenvalue weighted by atomic mass is 9.85. The second-order valence-corrected chi connectivity index (χ2v) is 43.8. The van der Waals surface area contributed by atoms with Crippen LogP contribution in [-0.4, -0.2) is 80.3 Å². The molecule has 0 fully saturated rings.